The summed E-state index contributed by atoms with van der Waals surface area (Å²) in [5, 5.41) is 3.97. The third-order valence-electron chi connectivity index (χ3n) is 6.12. The van der Waals surface area contributed by atoms with Gasteiger partial charge in [0, 0.05) is 37.5 Å². The van der Waals surface area contributed by atoms with E-state index in [0.29, 0.717) is 5.91 Å². The zero-order valence-electron chi connectivity index (χ0n) is 14.9. The van der Waals surface area contributed by atoms with Crippen molar-refractivity contribution in [2.75, 3.05) is 19.6 Å². The van der Waals surface area contributed by atoms with Crippen molar-refractivity contribution in [3.8, 4) is 0 Å². The first kappa shape index (κ1) is 16.6. The first-order valence-corrected chi connectivity index (χ1v) is 9.66. The molecule has 1 unspecified atom stereocenters. The standard InChI is InChI=1S/C19H27N3O3/c1-13-12-17(25-20-13)16-6-3-9-22(16)19(24)15-7-10-21(11-8-15)18(23)14-4-2-5-14/h12,14-16H,2-11H2,1H3. The van der Waals surface area contributed by atoms with Crippen molar-refractivity contribution in [2.45, 2.75) is 57.9 Å². The van der Waals surface area contributed by atoms with Crippen molar-refractivity contribution in [3.05, 3.63) is 17.5 Å². The summed E-state index contributed by atoms with van der Waals surface area (Å²) in [5.74, 6) is 1.64. The number of aryl methyl sites for hydroxylation is 1. The van der Waals surface area contributed by atoms with Gasteiger partial charge in [-0.05, 0) is 45.4 Å². The van der Waals surface area contributed by atoms with Crippen LogP contribution in [0.15, 0.2) is 10.6 Å². The average molecular weight is 345 g/mol. The van der Waals surface area contributed by atoms with Gasteiger partial charge < -0.3 is 14.3 Å². The van der Waals surface area contributed by atoms with E-state index < -0.39 is 0 Å². The second kappa shape index (κ2) is 6.81. The van der Waals surface area contributed by atoms with Gasteiger partial charge in [0.25, 0.3) is 0 Å². The molecule has 3 aliphatic rings. The maximum atomic E-state index is 13.0. The van der Waals surface area contributed by atoms with Gasteiger partial charge in [-0.15, -0.1) is 0 Å². The van der Waals surface area contributed by atoms with Gasteiger partial charge in [-0.2, -0.15) is 0 Å². The summed E-state index contributed by atoms with van der Waals surface area (Å²) in [4.78, 5) is 29.4. The zero-order valence-corrected chi connectivity index (χ0v) is 14.9. The Morgan fingerprint density at radius 1 is 1.00 bits per heavy atom. The highest BCUT2D eigenvalue weighted by atomic mass is 16.5. The molecule has 0 bridgehead atoms. The van der Waals surface area contributed by atoms with Gasteiger partial charge in [-0.1, -0.05) is 11.6 Å². The van der Waals surface area contributed by atoms with Gasteiger partial charge in [0.05, 0.1) is 11.7 Å². The Labute approximate surface area is 148 Å². The first-order valence-electron chi connectivity index (χ1n) is 9.66. The first-order chi connectivity index (χ1) is 12.1. The highest BCUT2D eigenvalue weighted by molar-refractivity contribution is 5.82. The molecule has 0 spiro atoms. The predicted molar refractivity (Wildman–Crippen MR) is 91.6 cm³/mol. The van der Waals surface area contributed by atoms with E-state index in [2.05, 4.69) is 5.16 Å². The van der Waals surface area contributed by atoms with Crippen LogP contribution in [0.4, 0.5) is 0 Å². The number of rotatable bonds is 3. The number of piperidine rings is 1. The minimum Gasteiger partial charge on any atom is -0.359 e. The van der Waals surface area contributed by atoms with E-state index in [1.54, 1.807) is 0 Å². The molecule has 0 radical (unpaired) electrons. The van der Waals surface area contributed by atoms with E-state index in [4.69, 9.17) is 4.52 Å². The summed E-state index contributed by atoms with van der Waals surface area (Å²) in [5.41, 5.74) is 0.858. The van der Waals surface area contributed by atoms with E-state index in [0.717, 1.165) is 69.6 Å². The normalized spacial score (nSPS) is 25.2. The molecular weight excluding hydrogens is 318 g/mol. The van der Waals surface area contributed by atoms with Gasteiger partial charge in [0.1, 0.15) is 0 Å². The molecular formula is C19H27N3O3. The minimum absolute atomic E-state index is 0.0309. The van der Waals surface area contributed by atoms with Gasteiger partial charge in [0.15, 0.2) is 5.76 Å². The molecule has 0 aromatic carbocycles. The molecule has 1 aliphatic carbocycles. The molecule has 2 aliphatic heterocycles. The van der Waals surface area contributed by atoms with Crippen molar-refractivity contribution in [1.29, 1.82) is 0 Å². The maximum absolute atomic E-state index is 13.0. The third-order valence-corrected chi connectivity index (χ3v) is 6.12. The number of hydrogen-bond acceptors (Lipinski definition) is 4. The van der Waals surface area contributed by atoms with Crippen molar-refractivity contribution in [1.82, 2.24) is 15.0 Å². The summed E-state index contributed by atoms with van der Waals surface area (Å²) in [6.45, 7) is 4.16. The Bertz CT molecular complexity index is 644. The van der Waals surface area contributed by atoms with E-state index >= 15 is 0 Å². The highest BCUT2D eigenvalue weighted by Gasteiger charge is 2.38. The molecule has 3 heterocycles. The van der Waals surface area contributed by atoms with Gasteiger partial charge >= 0.3 is 0 Å². The lowest BCUT2D eigenvalue weighted by Crippen LogP contribution is -2.46. The minimum atomic E-state index is 0.0309. The average Bonchev–Trinajstić information content (AvgIpc) is 3.21. The van der Waals surface area contributed by atoms with Crippen LogP contribution in [0.25, 0.3) is 0 Å². The van der Waals surface area contributed by atoms with Crippen LogP contribution in [0.3, 0.4) is 0 Å². The molecule has 25 heavy (non-hydrogen) atoms. The van der Waals surface area contributed by atoms with E-state index in [1.807, 2.05) is 22.8 Å². The van der Waals surface area contributed by atoms with Crippen LogP contribution in [0.5, 0.6) is 0 Å². The molecule has 6 heteroatoms. The lowest BCUT2D eigenvalue weighted by Gasteiger charge is -2.37. The summed E-state index contributed by atoms with van der Waals surface area (Å²) < 4.78 is 5.41. The molecule has 1 atom stereocenters. The molecule has 0 N–H and O–H groups in total. The van der Waals surface area contributed by atoms with Crippen LogP contribution in [0.2, 0.25) is 0 Å². The molecule has 2 amide bonds. The number of carbonyl (C=O) groups excluding carboxylic acids is 2. The van der Waals surface area contributed by atoms with Crippen molar-refractivity contribution in [3.63, 3.8) is 0 Å². The van der Waals surface area contributed by atoms with Crippen LogP contribution < -0.4 is 0 Å². The maximum Gasteiger partial charge on any atom is 0.226 e. The van der Waals surface area contributed by atoms with E-state index in [1.165, 1.54) is 6.42 Å². The number of hydrogen-bond donors (Lipinski definition) is 0. The summed E-state index contributed by atoms with van der Waals surface area (Å²) >= 11 is 0. The number of carbonyl (C=O) groups is 2. The molecule has 4 rings (SSSR count). The Morgan fingerprint density at radius 2 is 1.72 bits per heavy atom. The van der Waals surface area contributed by atoms with Crippen molar-refractivity contribution < 1.29 is 14.1 Å². The molecule has 1 aromatic heterocycles. The second-order valence-electron chi connectivity index (χ2n) is 7.79. The Morgan fingerprint density at radius 3 is 2.32 bits per heavy atom. The largest absolute Gasteiger partial charge is 0.359 e. The second-order valence-corrected chi connectivity index (χ2v) is 7.79. The van der Waals surface area contributed by atoms with Crippen LogP contribution in [0.1, 0.15) is 62.4 Å². The fourth-order valence-corrected chi connectivity index (χ4v) is 4.36. The van der Waals surface area contributed by atoms with E-state index in [-0.39, 0.29) is 23.8 Å². The van der Waals surface area contributed by atoms with Gasteiger partial charge in [-0.3, -0.25) is 9.59 Å². The van der Waals surface area contributed by atoms with Crippen LogP contribution in [-0.2, 0) is 9.59 Å². The molecule has 1 saturated carbocycles. The van der Waals surface area contributed by atoms with Gasteiger partial charge in [-0.25, -0.2) is 0 Å². The summed E-state index contributed by atoms with van der Waals surface area (Å²) in [7, 11) is 0. The molecule has 6 nitrogen and oxygen atoms in total. The van der Waals surface area contributed by atoms with E-state index in [9.17, 15) is 9.59 Å². The predicted octanol–water partition coefficient (Wildman–Crippen LogP) is 2.69. The number of likely N-dealkylation sites (tertiary alicyclic amines) is 2. The SMILES string of the molecule is Cc1cc(C2CCCN2C(=O)C2CCN(C(=O)C3CCC3)CC2)on1. The third kappa shape index (κ3) is 3.18. The monoisotopic (exact) mass is 345 g/mol. The fourth-order valence-electron chi connectivity index (χ4n) is 4.36. The smallest absolute Gasteiger partial charge is 0.226 e. The number of aromatic nitrogens is 1. The summed E-state index contributed by atoms with van der Waals surface area (Å²) in [6.07, 6.45) is 6.80. The van der Waals surface area contributed by atoms with Gasteiger partial charge in [0.2, 0.25) is 11.8 Å². The Balaban J connectivity index is 1.36. The van der Waals surface area contributed by atoms with Crippen LogP contribution in [-0.4, -0.2) is 46.4 Å². The quantitative estimate of drug-likeness (QED) is 0.845. The topological polar surface area (TPSA) is 66.7 Å². The Kier molecular flexibility index (Phi) is 4.52. The number of nitrogens with zero attached hydrogens (tertiary/aromatic N) is 3. The van der Waals surface area contributed by atoms with Crippen molar-refractivity contribution in [2.24, 2.45) is 11.8 Å². The van der Waals surface area contributed by atoms with Crippen molar-refractivity contribution >= 4 is 11.8 Å². The zero-order chi connectivity index (χ0) is 17.4. The fraction of sp³-hybridized carbons (Fsp3) is 0.737. The number of amides is 2. The molecule has 2 saturated heterocycles. The molecule has 3 fully saturated rings. The highest BCUT2D eigenvalue weighted by Crippen LogP contribution is 2.35. The Hall–Kier alpha value is -1.85. The lowest BCUT2D eigenvalue weighted by molar-refractivity contribution is -0.144. The molecule has 136 valence electrons. The van der Waals surface area contributed by atoms with Crippen LogP contribution in [0, 0.1) is 18.8 Å². The summed E-state index contributed by atoms with van der Waals surface area (Å²) in [6, 6.07) is 1.97. The van der Waals surface area contributed by atoms with Crippen LogP contribution >= 0.6 is 0 Å². The molecule has 1 aromatic rings. The lowest BCUT2D eigenvalue weighted by atomic mass is 9.83.